The number of amides is 1. The predicted octanol–water partition coefficient (Wildman–Crippen LogP) is 3.76. The van der Waals surface area contributed by atoms with E-state index in [2.05, 4.69) is 15.2 Å². The lowest BCUT2D eigenvalue weighted by Gasteiger charge is -2.35. The molecule has 4 rings (SSSR count). The number of hydrogen-bond donors (Lipinski definition) is 2. The molecule has 146 valence electrons. The number of H-pyrrole nitrogens is 1. The molecule has 0 spiro atoms. The Morgan fingerprint density at radius 2 is 2.00 bits per heavy atom. The number of aromatic nitrogens is 1. The van der Waals surface area contributed by atoms with Gasteiger partial charge in [0.25, 0.3) is 5.91 Å². The van der Waals surface area contributed by atoms with Crippen molar-refractivity contribution in [3.8, 4) is 0 Å². The molecule has 1 amide bonds. The fraction of sp³-hybridized carbons (Fsp3) is 0.286. The minimum atomic E-state index is -0.278. The van der Waals surface area contributed by atoms with Crippen molar-refractivity contribution in [2.45, 2.75) is 6.04 Å². The summed E-state index contributed by atoms with van der Waals surface area (Å²) >= 11 is 6.42. The highest BCUT2D eigenvalue weighted by Gasteiger charge is 2.26. The molecule has 2 N–H and O–H groups in total. The summed E-state index contributed by atoms with van der Waals surface area (Å²) in [6.07, 6.45) is 1.78. The van der Waals surface area contributed by atoms with Gasteiger partial charge in [-0.3, -0.25) is 9.69 Å². The molecule has 7 heteroatoms. The molecule has 3 aromatic rings. The quantitative estimate of drug-likeness (QED) is 0.684. The van der Waals surface area contributed by atoms with Gasteiger partial charge >= 0.3 is 0 Å². The van der Waals surface area contributed by atoms with Crippen molar-refractivity contribution in [3.05, 3.63) is 70.6 Å². The minimum Gasteiger partial charge on any atom is -0.379 e. The largest absolute Gasteiger partial charge is 0.379 e. The van der Waals surface area contributed by atoms with Crippen LogP contribution in [0.3, 0.4) is 0 Å². The first-order chi connectivity index (χ1) is 13.6. The lowest BCUT2D eigenvalue weighted by atomic mass is 10.0. The van der Waals surface area contributed by atoms with Gasteiger partial charge in [0.2, 0.25) is 0 Å². The van der Waals surface area contributed by atoms with Gasteiger partial charge in [0.15, 0.2) is 0 Å². The Morgan fingerprint density at radius 3 is 2.79 bits per heavy atom. The summed E-state index contributed by atoms with van der Waals surface area (Å²) in [7, 11) is 0. The van der Waals surface area contributed by atoms with E-state index in [4.69, 9.17) is 16.3 Å². The van der Waals surface area contributed by atoms with Crippen molar-refractivity contribution in [2.24, 2.45) is 0 Å². The Balaban J connectivity index is 1.55. The number of carbonyl (C=O) groups is 1. The Morgan fingerprint density at radius 1 is 1.21 bits per heavy atom. The molecule has 2 heterocycles. The van der Waals surface area contributed by atoms with Crippen LogP contribution in [0.1, 0.15) is 22.0 Å². The summed E-state index contributed by atoms with van der Waals surface area (Å²) in [5.74, 6) is -0.553. The maximum Gasteiger partial charge on any atom is 0.252 e. The number of carbonyl (C=O) groups excluding carboxylic acids is 1. The summed E-state index contributed by atoms with van der Waals surface area (Å²) in [5, 5.41) is 4.14. The average Bonchev–Trinajstić information content (AvgIpc) is 3.20. The van der Waals surface area contributed by atoms with Crippen molar-refractivity contribution in [2.75, 3.05) is 32.8 Å². The van der Waals surface area contributed by atoms with Crippen LogP contribution in [-0.2, 0) is 4.74 Å². The van der Waals surface area contributed by atoms with Gasteiger partial charge in [0, 0.05) is 42.3 Å². The van der Waals surface area contributed by atoms with E-state index in [1.165, 1.54) is 6.07 Å². The van der Waals surface area contributed by atoms with Gasteiger partial charge in [0.1, 0.15) is 5.82 Å². The van der Waals surface area contributed by atoms with Gasteiger partial charge in [-0.05, 0) is 24.3 Å². The smallest absolute Gasteiger partial charge is 0.252 e. The number of aromatic amines is 1. The maximum atomic E-state index is 14.4. The number of halogens is 2. The van der Waals surface area contributed by atoms with Gasteiger partial charge in [-0.1, -0.05) is 29.8 Å². The Kier molecular flexibility index (Phi) is 5.62. The molecule has 1 aromatic heterocycles. The third-order valence-corrected chi connectivity index (χ3v) is 5.53. The lowest BCUT2D eigenvalue weighted by molar-refractivity contribution is 0.0155. The Bertz CT molecular complexity index is 985. The molecular formula is C21H21ClFN3O2. The van der Waals surface area contributed by atoms with Crippen molar-refractivity contribution in [1.82, 2.24) is 15.2 Å². The minimum absolute atomic E-state index is 0.274. The standard InChI is InChI=1S/C21H21ClFN3O2/c22-20-15-7-8-24-18(15)6-5-16(20)21(27)25-13-19(26-9-11-28-12-10-26)14-3-1-2-4-17(14)23/h1-8,19,24H,9-13H2,(H,25,27). The molecule has 1 atom stereocenters. The van der Waals surface area contributed by atoms with Gasteiger partial charge in [-0.25, -0.2) is 4.39 Å². The number of benzene rings is 2. The third kappa shape index (κ3) is 3.76. The zero-order valence-electron chi connectivity index (χ0n) is 15.3. The molecule has 0 radical (unpaired) electrons. The molecule has 0 bridgehead atoms. The van der Waals surface area contributed by atoms with E-state index in [9.17, 15) is 9.18 Å². The normalized spacial score (nSPS) is 16.2. The van der Waals surface area contributed by atoms with E-state index < -0.39 is 0 Å². The second-order valence-electron chi connectivity index (χ2n) is 6.76. The van der Waals surface area contributed by atoms with Gasteiger partial charge in [-0.2, -0.15) is 0 Å². The molecule has 1 fully saturated rings. The number of nitrogens with zero attached hydrogens (tertiary/aromatic N) is 1. The number of nitrogens with one attached hydrogen (secondary N) is 2. The van der Waals surface area contributed by atoms with Gasteiger partial charge < -0.3 is 15.0 Å². The lowest BCUT2D eigenvalue weighted by Crippen LogP contribution is -2.44. The van der Waals surface area contributed by atoms with E-state index in [1.54, 1.807) is 24.4 Å². The SMILES string of the molecule is O=C(NCC(c1ccccc1F)N1CCOCC1)c1ccc2[nH]ccc2c1Cl. The molecule has 0 aliphatic carbocycles. The van der Waals surface area contributed by atoms with Crippen molar-refractivity contribution >= 4 is 28.4 Å². The molecular weight excluding hydrogens is 381 g/mol. The molecule has 1 saturated heterocycles. The highest BCUT2D eigenvalue weighted by atomic mass is 35.5. The number of fused-ring (bicyclic) bond motifs is 1. The van der Waals surface area contributed by atoms with Crippen LogP contribution < -0.4 is 5.32 Å². The first kappa shape index (κ1) is 18.9. The summed E-state index contributed by atoms with van der Waals surface area (Å²) in [6.45, 7) is 2.83. The molecule has 0 saturated carbocycles. The highest BCUT2D eigenvalue weighted by molar-refractivity contribution is 6.38. The van der Waals surface area contributed by atoms with Crippen LogP contribution in [0.25, 0.3) is 10.9 Å². The molecule has 1 aliphatic rings. The fourth-order valence-electron chi connectivity index (χ4n) is 3.63. The zero-order valence-corrected chi connectivity index (χ0v) is 16.0. The van der Waals surface area contributed by atoms with Crippen LogP contribution in [0.4, 0.5) is 4.39 Å². The summed E-state index contributed by atoms with van der Waals surface area (Å²) in [4.78, 5) is 18.0. The molecule has 1 aliphatic heterocycles. The van der Waals surface area contributed by atoms with E-state index in [1.807, 2.05) is 18.2 Å². The van der Waals surface area contributed by atoms with Gasteiger partial charge in [0.05, 0.1) is 29.8 Å². The fourth-order valence-corrected chi connectivity index (χ4v) is 3.94. The molecule has 5 nitrogen and oxygen atoms in total. The number of ether oxygens (including phenoxy) is 1. The Hall–Kier alpha value is -2.41. The highest BCUT2D eigenvalue weighted by Crippen LogP contribution is 2.27. The molecule has 1 unspecified atom stereocenters. The molecule has 2 aromatic carbocycles. The summed E-state index contributed by atoms with van der Waals surface area (Å²) < 4.78 is 19.9. The second kappa shape index (κ2) is 8.31. The maximum absolute atomic E-state index is 14.4. The van der Waals surface area contributed by atoms with E-state index >= 15 is 0 Å². The van der Waals surface area contributed by atoms with Crippen molar-refractivity contribution < 1.29 is 13.9 Å². The predicted molar refractivity (Wildman–Crippen MR) is 107 cm³/mol. The van der Waals surface area contributed by atoms with Crippen molar-refractivity contribution in [3.63, 3.8) is 0 Å². The Labute approximate surface area is 167 Å². The van der Waals surface area contributed by atoms with E-state index in [0.29, 0.717) is 42.5 Å². The average molecular weight is 402 g/mol. The molecule has 28 heavy (non-hydrogen) atoms. The van der Waals surface area contributed by atoms with Crippen LogP contribution in [0, 0.1) is 5.82 Å². The third-order valence-electron chi connectivity index (χ3n) is 5.12. The van der Waals surface area contributed by atoms with Crippen LogP contribution >= 0.6 is 11.6 Å². The first-order valence-electron chi connectivity index (χ1n) is 9.25. The monoisotopic (exact) mass is 401 g/mol. The van der Waals surface area contributed by atoms with Gasteiger partial charge in [-0.15, -0.1) is 0 Å². The first-order valence-corrected chi connectivity index (χ1v) is 9.63. The summed E-state index contributed by atoms with van der Waals surface area (Å²) in [5.41, 5.74) is 1.85. The van der Waals surface area contributed by atoms with Crippen LogP contribution in [0.15, 0.2) is 48.7 Å². The number of rotatable bonds is 5. The zero-order chi connectivity index (χ0) is 19.5. The van der Waals surface area contributed by atoms with Crippen LogP contribution in [0.5, 0.6) is 0 Å². The van der Waals surface area contributed by atoms with E-state index in [0.717, 1.165) is 10.9 Å². The number of hydrogen-bond acceptors (Lipinski definition) is 3. The van der Waals surface area contributed by atoms with Crippen LogP contribution in [-0.4, -0.2) is 48.6 Å². The second-order valence-corrected chi connectivity index (χ2v) is 7.14. The van der Waals surface area contributed by atoms with Crippen LogP contribution in [0.2, 0.25) is 5.02 Å². The topological polar surface area (TPSA) is 57.4 Å². The van der Waals surface area contributed by atoms with Crippen molar-refractivity contribution in [1.29, 1.82) is 0 Å². The number of morpholine rings is 1. The van der Waals surface area contributed by atoms with E-state index in [-0.39, 0.29) is 24.3 Å². The summed E-state index contributed by atoms with van der Waals surface area (Å²) in [6, 6.07) is 11.8.